The van der Waals surface area contributed by atoms with Crippen molar-refractivity contribution in [1.29, 1.82) is 0 Å². The molecule has 0 aromatic rings. The summed E-state index contributed by atoms with van der Waals surface area (Å²) in [6.07, 6.45) is -16.7. The molecule has 0 radical (unpaired) electrons. The molecule has 270 valence electrons. The van der Waals surface area contributed by atoms with Gasteiger partial charge in [0, 0.05) is 13.0 Å². The largest absolute Gasteiger partial charge is 0.469 e. The summed E-state index contributed by atoms with van der Waals surface area (Å²) in [5.41, 5.74) is 5.96. The maximum absolute atomic E-state index is 11.2. The molecule has 11 N–H and O–H groups in total. The molecule has 0 saturated carbocycles. The van der Waals surface area contributed by atoms with Gasteiger partial charge in [0.2, 0.25) is 0 Å². The molecule has 3 fully saturated rings. The second-order valence-electron chi connectivity index (χ2n) is 11.7. The number of hydrogen-bond donors (Lipinski definition) is 10. The molecule has 3 heterocycles. The van der Waals surface area contributed by atoms with Crippen LogP contribution in [0.5, 0.6) is 0 Å². The Morgan fingerprint density at radius 2 is 1.11 bits per heavy atom. The molecular weight excluding hydrogens is 622 g/mol. The van der Waals surface area contributed by atoms with Gasteiger partial charge in [-0.15, -0.1) is 0 Å². The SMILES string of the molecule is COC(=O)CCCCCCCCO[C@H]1O[C@H](CO)[C@@H](O)[C@H](O[C@H]2O[C@H](CO)[C@@H](O)[C@H](O)[C@H]2O[C@H]2O[C@H](CO)[C@@H](O)[C@H](O)[C@H]2N)[C@H]1O. The number of carbonyl (C=O) groups is 1. The molecule has 3 aliphatic heterocycles. The summed E-state index contributed by atoms with van der Waals surface area (Å²) in [6, 6.07) is -1.39. The number of nitrogens with two attached hydrogens (primary N) is 1. The maximum Gasteiger partial charge on any atom is 0.305 e. The quantitative estimate of drug-likeness (QED) is 0.0513. The topological polar surface area (TPSA) is 290 Å². The molecule has 18 nitrogen and oxygen atoms in total. The monoisotopic (exact) mass is 673 g/mol. The van der Waals surface area contributed by atoms with Gasteiger partial charge in [-0.2, -0.15) is 0 Å². The first-order chi connectivity index (χ1) is 22.0. The van der Waals surface area contributed by atoms with Crippen LogP contribution in [0.1, 0.15) is 44.9 Å². The van der Waals surface area contributed by atoms with Gasteiger partial charge in [-0.3, -0.25) is 4.79 Å². The van der Waals surface area contributed by atoms with Gasteiger partial charge in [-0.25, -0.2) is 0 Å². The highest BCUT2D eigenvalue weighted by atomic mass is 16.8. The smallest absolute Gasteiger partial charge is 0.305 e. The molecule has 15 atom stereocenters. The Kier molecular flexibility index (Phi) is 16.3. The highest BCUT2D eigenvalue weighted by Gasteiger charge is 2.53. The second-order valence-corrected chi connectivity index (χ2v) is 11.7. The van der Waals surface area contributed by atoms with Crippen molar-refractivity contribution in [2.75, 3.05) is 33.5 Å². The standard InChI is InChI=1S/C28H51NO17/c1-40-16(33)8-6-4-2-3-5-7-9-41-27-23(39)24(20(36)15(12-32)43-27)45-28-25(22(38)19(35)14(11-31)44-28)46-26-17(29)21(37)18(34)13(10-30)42-26/h13-15,17-28,30-32,34-39H,2-12,29H2,1H3/t13-,14-,15-,17-,18-,19-,20-,21-,22+,23-,24+,25-,26-,27+,28-/m1/s1. The summed E-state index contributed by atoms with van der Waals surface area (Å²) in [6.45, 7) is -2.01. The summed E-state index contributed by atoms with van der Waals surface area (Å²) in [4.78, 5) is 11.2. The molecule has 3 saturated heterocycles. The van der Waals surface area contributed by atoms with Crippen molar-refractivity contribution in [3.05, 3.63) is 0 Å². The second kappa shape index (κ2) is 19.1. The van der Waals surface area contributed by atoms with Crippen LogP contribution in [-0.2, 0) is 38.0 Å². The fourth-order valence-electron chi connectivity index (χ4n) is 5.58. The summed E-state index contributed by atoms with van der Waals surface area (Å²) in [5, 5.41) is 92.9. The first-order valence-electron chi connectivity index (χ1n) is 15.6. The van der Waals surface area contributed by atoms with Crippen LogP contribution >= 0.6 is 0 Å². The van der Waals surface area contributed by atoms with Crippen LogP contribution < -0.4 is 5.73 Å². The van der Waals surface area contributed by atoms with Crippen molar-refractivity contribution in [3.8, 4) is 0 Å². The van der Waals surface area contributed by atoms with E-state index in [9.17, 15) is 50.8 Å². The van der Waals surface area contributed by atoms with Gasteiger partial charge in [0.25, 0.3) is 0 Å². The van der Waals surface area contributed by atoms with Gasteiger partial charge in [0.15, 0.2) is 18.9 Å². The minimum atomic E-state index is -1.82. The Morgan fingerprint density at radius 3 is 1.72 bits per heavy atom. The van der Waals surface area contributed by atoms with E-state index in [4.69, 9.17) is 34.2 Å². The Bertz CT molecular complexity index is 887. The average molecular weight is 674 g/mol. The normalized spacial score (nSPS) is 41.8. The molecular formula is C28H51NO17. The van der Waals surface area contributed by atoms with Crippen LogP contribution in [0.2, 0.25) is 0 Å². The van der Waals surface area contributed by atoms with Gasteiger partial charge < -0.3 is 84.9 Å². The molecule has 0 aromatic heterocycles. The molecule has 0 unspecified atom stereocenters. The number of aliphatic hydroxyl groups is 9. The van der Waals surface area contributed by atoms with Gasteiger partial charge in [0.1, 0.15) is 67.1 Å². The fraction of sp³-hybridized carbons (Fsp3) is 0.964. The molecule has 0 amide bonds. The highest BCUT2D eigenvalue weighted by molar-refractivity contribution is 5.68. The number of unbranched alkanes of at least 4 members (excludes halogenated alkanes) is 5. The van der Waals surface area contributed by atoms with E-state index < -0.39 is 112 Å². The number of esters is 1. The number of methoxy groups -OCH3 is 1. The van der Waals surface area contributed by atoms with Crippen LogP contribution in [0.25, 0.3) is 0 Å². The van der Waals surface area contributed by atoms with Crippen LogP contribution in [0.3, 0.4) is 0 Å². The minimum Gasteiger partial charge on any atom is -0.469 e. The number of rotatable bonds is 17. The lowest BCUT2D eigenvalue weighted by Crippen LogP contribution is -2.68. The first-order valence-corrected chi connectivity index (χ1v) is 15.6. The van der Waals surface area contributed by atoms with Crippen LogP contribution in [0.15, 0.2) is 0 Å². The third kappa shape index (κ3) is 9.94. The number of ether oxygens (including phenoxy) is 7. The zero-order valence-electron chi connectivity index (χ0n) is 25.8. The van der Waals surface area contributed by atoms with Crippen molar-refractivity contribution in [2.45, 2.75) is 137 Å². The highest BCUT2D eigenvalue weighted by Crippen LogP contribution is 2.33. The zero-order valence-corrected chi connectivity index (χ0v) is 25.8. The zero-order chi connectivity index (χ0) is 34.0. The van der Waals surface area contributed by atoms with E-state index in [1.165, 1.54) is 7.11 Å². The third-order valence-corrected chi connectivity index (χ3v) is 8.44. The molecule has 3 rings (SSSR count). The molecule has 0 aromatic carbocycles. The lowest BCUT2D eigenvalue weighted by atomic mass is 9.95. The molecule has 0 bridgehead atoms. The van der Waals surface area contributed by atoms with E-state index >= 15 is 0 Å². The van der Waals surface area contributed by atoms with Crippen molar-refractivity contribution in [3.63, 3.8) is 0 Å². The minimum absolute atomic E-state index is 0.158. The number of aliphatic hydroxyl groups excluding tert-OH is 9. The van der Waals surface area contributed by atoms with Gasteiger partial charge in [-0.05, 0) is 12.8 Å². The molecule has 0 aliphatic carbocycles. The van der Waals surface area contributed by atoms with E-state index in [-0.39, 0.29) is 12.6 Å². The molecule has 46 heavy (non-hydrogen) atoms. The van der Waals surface area contributed by atoms with Gasteiger partial charge in [0.05, 0.1) is 33.0 Å². The average Bonchev–Trinajstić information content (AvgIpc) is 3.05. The predicted octanol–water partition coefficient (Wildman–Crippen LogP) is -4.68. The Labute approximate surface area is 266 Å². The van der Waals surface area contributed by atoms with Crippen molar-refractivity contribution in [2.24, 2.45) is 5.73 Å². The molecule has 18 heteroatoms. The first kappa shape index (κ1) is 39.3. The summed E-state index contributed by atoms with van der Waals surface area (Å²) < 4.78 is 38.6. The summed E-state index contributed by atoms with van der Waals surface area (Å²) in [7, 11) is 1.35. The van der Waals surface area contributed by atoms with E-state index in [2.05, 4.69) is 4.74 Å². The third-order valence-electron chi connectivity index (χ3n) is 8.44. The predicted molar refractivity (Wildman–Crippen MR) is 151 cm³/mol. The van der Waals surface area contributed by atoms with E-state index in [1.807, 2.05) is 0 Å². The van der Waals surface area contributed by atoms with Crippen molar-refractivity contribution in [1.82, 2.24) is 0 Å². The Hall–Kier alpha value is -1.17. The molecule has 0 spiro atoms. The number of carbonyl (C=O) groups excluding carboxylic acids is 1. The Balaban J connectivity index is 1.64. The summed E-state index contributed by atoms with van der Waals surface area (Å²) in [5.74, 6) is -0.243. The van der Waals surface area contributed by atoms with Gasteiger partial charge in [-0.1, -0.05) is 25.7 Å². The fourth-order valence-corrected chi connectivity index (χ4v) is 5.58. The summed E-state index contributed by atoms with van der Waals surface area (Å²) >= 11 is 0. The maximum atomic E-state index is 11.2. The van der Waals surface area contributed by atoms with Crippen LogP contribution in [0.4, 0.5) is 0 Å². The van der Waals surface area contributed by atoms with Gasteiger partial charge >= 0.3 is 5.97 Å². The van der Waals surface area contributed by atoms with Crippen LogP contribution in [0, 0.1) is 0 Å². The van der Waals surface area contributed by atoms with E-state index in [1.54, 1.807) is 0 Å². The van der Waals surface area contributed by atoms with Crippen molar-refractivity contribution >= 4 is 5.97 Å². The van der Waals surface area contributed by atoms with E-state index in [0.717, 1.165) is 32.1 Å². The lowest BCUT2D eigenvalue weighted by molar-refractivity contribution is -0.382. The Morgan fingerprint density at radius 1 is 0.609 bits per heavy atom. The van der Waals surface area contributed by atoms with Crippen molar-refractivity contribution < 1.29 is 83.9 Å². The lowest BCUT2D eigenvalue weighted by Gasteiger charge is -2.48. The number of hydrogen-bond acceptors (Lipinski definition) is 18. The van der Waals surface area contributed by atoms with Crippen LogP contribution in [-0.4, -0.2) is 178 Å². The van der Waals surface area contributed by atoms with E-state index in [0.29, 0.717) is 12.8 Å². The molecule has 3 aliphatic rings.